The molecule has 6 nitrogen and oxygen atoms in total. The highest BCUT2D eigenvalue weighted by Gasteiger charge is 2.18. The predicted molar refractivity (Wildman–Crippen MR) is 103 cm³/mol. The molecule has 0 amide bonds. The van der Waals surface area contributed by atoms with Gasteiger partial charge in [0, 0.05) is 19.7 Å². The number of benzene rings is 2. The van der Waals surface area contributed by atoms with Crippen molar-refractivity contribution in [1.82, 2.24) is 4.31 Å². The van der Waals surface area contributed by atoms with Gasteiger partial charge in [-0.05, 0) is 48.0 Å². The maximum absolute atomic E-state index is 12.4. The molecule has 0 unspecified atom stereocenters. The summed E-state index contributed by atoms with van der Waals surface area (Å²) >= 11 is 6.18. The van der Waals surface area contributed by atoms with Crippen molar-refractivity contribution in [2.24, 2.45) is 0 Å². The fourth-order valence-electron chi connectivity index (χ4n) is 2.50. The van der Waals surface area contributed by atoms with Crippen molar-refractivity contribution in [2.45, 2.75) is 4.90 Å². The molecule has 8 heteroatoms. The molecule has 0 saturated heterocycles. The number of sulfonamides is 1. The van der Waals surface area contributed by atoms with Crippen molar-refractivity contribution >= 4 is 33.5 Å². The van der Waals surface area contributed by atoms with Gasteiger partial charge in [-0.1, -0.05) is 17.7 Å². The Bertz CT molecular complexity index is 998. The molecule has 0 saturated carbocycles. The summed E-state index contributed by atoms with van der Waals surface area (Å²) in [6.45, 7) is 0.886. The highest BCUT2D eigenvalue weighted by atomic mass is 35.5. The van der Waals surface area contributed by atoms with Gasteiger partial charge >= 0.3 is 0 Å². The summed E-state index contributed by atoms with van der Waals surface area (Å²) in [5.74, 6) is 0.790. The van der Waals surface area contributed by atoms with Gasteiger partial charge in [-0.25, -0.2) is 12.7 Å². The van der Waals surface area contributed by atoms with E-state index >= 15 is 0 Å². The molecule has 0 aliphatic carbocycles. The second-order valence-electron chi connectivity index (χ2n) is 6.04. The second-order valence-corrected chi connectivity index (χ2v) is 8.60. The number of halogens is 1. The molecule has 0 spiro atoms. The second kappa shape index (κ2) is 7.72. The average molecular weight is 408 g/mol. The third kappa shape index (κ3) is 4.16. The minimum absolute atomic E-state index is 0.131. The van der Waals surface area contributed by atoms with Gasteiger partial charge in [-0.3, -0.25) is 4.79 Å². The van der Waals surface area contributed by atoms with Crippen molar-refractivity contribution in [1.29, 1.82) is 0 Å². The Labute approximate surface area is 163 Å². The predicted octanol–water partition coefficient (Wildman–Crippen LogP) is 3.26. The lowest BCUT2D eigenvalue weighted by Crippen LogP contribution is -2.22. The van der Waals surface area contributed by atoms with Crippen LogP contribution in [-0.2, 0) is 10.0 Å². The Balaban J connectivity index is 1.78. The monoisotopic (exact) mass is 407 g/mol. The lowest BCUT2D eigenvalue weighted by Gasteiger charge is -2.19. The molecule has 2 aromatic rings. The maximum Gasteiger partial charge on any atom is 0.242 e. The van der Waals surface area contributed by atoms with Gasteiger partial charge in [0.2, 0.25) is 10.0 Å². The first kappa shape index (κ1) is 19.4. The maximum atomic E-state index is 12.4. The van der Waals surface area contributed by atoms with Crippen LogP contribution >= 0.6 is 11.6 Å². The molecule has 0 atom stereocenters. The van der Waals surface area contributed by atoms with Crippen LogP contribution in [0, 0.1) is 0 Å². The first-order chi connectivity index (χ1) is 12.8. The van der Waals surface area contributed by atoms with Crippen LogP contribution in [0.25, 0.3) is 6.08 Å². The van der Waals surface area contributed by atoms with Crippen LogP contribution in [0.3, 0.4) is 0 Å². The summed E-state index contributed by atoms with van der Waals surface area (Å²) in [5, 5.41) is 0.414. The zero-order valence-corrected chi connectivity index (χ0v) is 16.4. The van der Waals surface area contributed by atoms with Gasteiger partial charge in [0.1, 0.15) is 13.2 Å². The number of rotatable bonds is 5. The fourth-order valence-corrected chi connectivity index (χ4v) is 3.67. The number of carbonyl (C=O) groups is 1. The molecule has 0 aromatic heterocycles. The van der Waals surface area contributed by atoms with Crippen molar-refractivity contribution in [2.75, 3.05) is 27.3 Å². The van der Waals surface area contributed by atoms with E-state index in [1.165, 1.54) is 44.4 Å². The minimum atomic E-state index is -3.52. The summed E-state index contributed by atoms with van der Waals surface area (Å²) < 4.78 is 36.2. The number of ketones is 1. The van der Waals surface area contributed by atoms with E-state index < -0.39 is 10.0 Å². The lowest BCUT2D eigenvalue weighted by molar-refractivity contribution is 0.104. The molecule has 1 heterocycles. The topological polar surface area (TPSA) is 72.9 Å². The van der Waals surface area contributed by atoms with Gasteiger partial charge in [-0.15, -0.1) is 0 Å². The smallest absolute Gasteiger partial charge is 0.242 e. The standard InChI is InChI=1S/C19H18ClNO5S/c1-21(2)27(23,24)15-6-4-14(5-7-15)17(22)8-3-13-11-16(20)19-18(12-13)25-9-10-26-19/h3-8,11-12H,9-10H2,1-2H3/b8-3+. The molecule has 0 fully saturated rings. The number of allylic oxidation sites excluding steroid dienone is 1. The summed E-state index contributed by atoms with van der Waals surface area (Å²) in [6.07, 6.45) is 3.02. The quantitative estimate of drug-likeness (QED) is 0.562. The Hall–Kier alpha value is -2.35. The zero-order valence-electron chi connectivity index (χ0n) is 14.8. The summed E-state index contributed by atoms with van der Waals surface area (Å²) in [5.41, 5.74) is 1.08. The largest absolute Gasteiger partial charge is 0.486 e. The fraction of sp³-hybridized carbons (Fsp3) is 0.211. The van der Waals surface area contributed by atoms with Gasteiger partial charge < -0.3 is 9.47 Å². The highest BCUT2D eigenvalue weighted by Crippen LogP contribution is 2.38. The molecule has 2 aromatic carbocycles. The van der Waals surface area contributed by atoms with E-state index in [9.17, 15) is 13.2 Å². The highest BCUT2D eigenvalue weighted by molar-refractivity contribution is 7.89. The number of ether oxygens (including phenoxy) is 2. The Morgan fingerprint density at radius 1 is 1.11 bits per heavy atom. The van der Waals surface area contributed by atoms with Crippen LogP contribution in [0.5, 0.6) is 11.5 Å². The van der Waals surface area contributed by atoms with E-state index in [0.29, 0.717) is 40.9 Å². The molecule has 1 aliphatic heterocycles. The van der Waals surface area contributed by atoms with Crippen LogP contribution < -0.4 is 9.47 Å². The van der Waals surface area contributed by atoms with E-state index in [1.54, 1.807) is 18.2 Å². The number of fused-ring (bicyclic) bond motifs is 1. The van der Waals surface area contributed by atoms with Crippen LogP contribution in [0.1, 0.15) is 15.9 Å². The van der Waals surface area contributed by atoms with Crippen molar-refractivity contribution in [3.63, 3.8) is 0 Å². The number of carbonyl (C=O) groups excluding carboxylic acids is 1. The number of hydrogen-bond acceptors (Lipinski definition) is 5. The molecule has 142 valence electrons. The number of hydrogen-bond donors (Lipinski definition) is 0. The molecule has 0 N–H and O–H groups in total. The zero-order chi connectivity index (χ0) is 19.6. The van der Waals surface area contributed by atoms with Crippen LogP contribution in [0.2, 0.25) is 5.02 Å². The molecule has 27 heavy (non-hydrogen) atoms. The van der Waals surface area contributed by atoms with E-state index in [1.807, 2.05) is 0 Å². The van der Waals surface area contributed by atoms with Gasteiger partial charge in [0.05, 0.1) is 9.92 Å². The summed E-state index contributed by atoms with van der Waals surface area (Å²) in [4.78, 5) is 12.5. The Morgan fingerprint density at radius 2 is 1.78 bits per heavy atom. The van der Waals surface area contributed by atoms with Gasteiger partial charge in [0.25, 0.3) is 0 Å². The van der Waals surface area contributed by atoms with Crippen LogP contribution in [-0.4, -0.2) is 45.8 Å². The van der Waals surface area contributed by atoms with Crippen molar-refractivity contribution in [3.8, 4) is 11.5 Å². The van der Waals surface area contributed by atoms with Gasteiger partial charge in [-0.2, -0.15) is 0 Å². The minimum Gasteiger partial charge on any atom is -0.486 e. The van der Waals surface area contributed by atoms with E-state index in [2.05, 4.69) is 0 Å². The molecular formula is C19H18ClNO5S. The molecule has 0 bridgehead atoms. The molecule has 3 rings (SSSR count). The number of nitrogens with zero attached hydrogens (tertiary/aromatic N) is 1. The average Bonchev–Trinajstić information content (AvgIpc) is 2.66. The SMILES string of the molecule is CN(C)S(=O)(=O)c1ccc(C(=O)/C=C/c2cc(Cl)c3c(c2)OCCO3)cc1. The Kier molecular flexibility index (Phi) is 5.55. The van der Waals surface area contributed by atoms with Crippen LogP contribution in [0.4, 0.5) is 0 Å². The third-order valence-corrected chi connectivity index (χ3v) is 6.07. The Morgan fingerprint density at radius 3 is 2.44 bits per heavy atom. The summed E-state index contributed by atoms with van der Waals surface area (Å²) in [7, 11) is -0.617. The van der Waals surface area contributed by atoms with Crippen LogP contribution in [0.15, 0.2) is 47.4 Å². The normalized spacial score (nSPS) is 13.9. The van der Waals surface area contributed by atoms with Gasteiger partial charge in [0.15, 0.2) is 17.3 Å². The first-order valence-electron chi connectivity index (χ1n) is 8.13. The van der Waals surface area contributed by atoms with E-state index in [4.69, 9.17) is 21.1 Å². The molecule has 0 radical (unpaired) electrons. The summed E-state index contributed by atoms with van der Waals surface area (Å²) in [6, 6.07) is 9.23. The lowest BCUT2D eigenvalue weighted by atomic mass is 10.1. The van der Waals surface area contributed by atoms with E-state index in [-0.39, 0.29) is 10.7 Å². The third-order valence-electron chi connectivity index (χ3n) is 3.96. The first-order valence-corrected chi connectivity index (χ1v) is 9.95. The molecule has 1 aliphatic rings. The van der Waals surface area contributed by atoms with E-state index in [0.717, 1.165) is 4.31 Å². The van der Waals surface area contributed by atoms with Crippen molar-refractivity contribution in [3.05, 3.63) is 58.6 Å². The van der Waals surface area contributed by atoms with Crippen molar-refractivity contribution < 1.29 is 22.7 Å². The molecular weight excluding hydrogens is 390 g/mol.